The molecule has 1 aliphatic rings. The fourth-order valence-corrected chi connectivity index (χ4v) is 3.02. The van der Waals surface area contributed by atoms with Gasteiger partial charge in [-0.3, -0.25) is 10.1 Å². The zero-order valence-corrected chi connectivity index (χ0v) is 15.9. The number of nitrogens with zero attached hydrogens (tertiary/aromatic N) is 4. The van der Waals surface area contributed by atoms with E-state index >= 15 is 0 Å². The van der Waals surface area contributed by atoms with Crippen LogP contribution in [-0.2, 0) is 9.47 Å². The van der Waals surface area contributed by atoms with Gasteiger partial charge in [-0.2, -0.15) is 0 Å². The fourth-order valence-electron chi connectivity index (χ4n) is 3.02. The number of carbonyl (C=O) groups excluding carboxylic acids is 1. The summed E-state index contributed by atoms with van der Waals surface area (Å²) in [5, 5.41) is 34.5. The van der Waals surface area contributed by atoms with Gasteiger partial charge >= 0.3 is 5.97 Å². The number of aliphatic hydroxyl groups excluding tert-OH is 2. The fraction of sp³-hybridized carbons (Fsp3) is 0.316. The smallest absolute Gasteiger partial charge is 0.338 e. The molecule has 0 spiro atoms. The Morgan fingerprint density at radius 3 is 2.48 bits per heavy atom. The average Bonchev–Trinajstić information content (AvgIpc) is 2.78. The lowest BCUT2D eigenvalue weighted by molar-refractivity contribution is -0.384. The second-order valence-corrected chi connectivity index (χ2v) is 6.52. The van der Waals surface area contributed by atoms with E-state index in [2.05, 4.69) is 10.0 Å². The maximum absolute atomic E-state index is 12.5. The van der Waals surface area contributed by atoms with E-state index in [0.717, 1.165) is 0 Å². The summed E-state index contributed by atoms with van der Waals surface area (Å²) >= 11 is 0. The largest absolute Gasteiger partial charge is 0.464 e. The average molecular weight is 430 g/mol. The molecule has 2 N–H and O–H groups in total. The lowest BCUT2D eigenvalue weighted by atomic mass is 9.97. The topological polar surface area (TPSA) is 177 Å². The van der Waals surface area contributed by atoms with Gasteiger partial charge in [-0.05, 0) is 29.8 Å². The Morgan fingerprint density at radius 1 is 1.23 bits per heavy atom. The SMILES string of the molecule is [N-]=[N+]=N[C@H]1[C@@H](Oc2ccc([N+](=O)[O-])cc2)O[C@H](CO)[C@H](O)[C@@H]1OC(=O)c1ccccc1. The van der Waals surface area contributed by atoms with Gasteiger partial charge in [0.2, 0.25) is 6.29 Å². The minimum atomic E-state index is -1.51. The summed E-state index contributed by atoms with van der Waals surface area (Å²) in [7, 11) is 0. The van der Waals surface area contributed by atoms with Gasteiger partial charge in [0.15, 0.2) is 0 Å². The summed E-state index contributed by atoms with van der Waals surface area (Å²) in [6.45, 7) is -0.635. The Morgan fingerprint density at radius 2 is 1.90 bits per heavy atom. The molecule has 5 atom stereocenters. The molecule has 1 heterocycles. The van der Waals surface area contributed by atoms with Crippen molar-refractivity contribution in [2.45, 2.75) is 30.6 Å². The molecule has 162 valence electrons. The van der Waals surface area contributed by atoms with Crippen molar-refractivity contribution in [2.75, 3.05) is 6.61 Å². The van der Waals surface area contributed by atoms with Gasteiger partial charge in [0.25, 0.3) is 5.69 Å². The minimum Gasteiger partial charge on any atom is -0.464 e. The molecule has 2 aromatic rings. The van der Waals surface area contributed by atoms with Crippen LogP contribution in [0.4, 0.5) is 5.69 Å². The van der Waals surface area contributed by atoms with Crippen molar-refractivity contribution in [1.82, 2.24) is 0 Å². The maximum Gasteiger partial charge on any atom is 0.338 e. The van der Waals surface area contributed by atoms with Crippen molar-refractivity contribution in [1.29, 1.82) is 0 Å². The third-order valence-electron chi connectivity index (χ3n) is 4.56. The molecule has 0 aliphatic carbocycles. The molecule has 1 fully saturated rings. The van der Waals surface area contributed by atoms with Crippen LogP contribution in [0.3, 0.4) is 0 Å². The Kier molecular flexibility index (Phi) is 7.00. The lowest BCUT2D eigenvalue weighted by Gasteiger charge is -2.41. The molecule has 1 aliphatic heterocycles. The summed E-state index contributed by atoms with van der Waals surface area (Å²) in [6, 6.07) is 11.7. The number of benzene rings is 2. The first-order valence-electron chi connectivity index (χ1n) is 9.10. The van der Waals surface area contributed by atoms with Crippen molar-refractivity contribution in [3.63, 3.8) is 0 Å². The van der Waals surface area contributed by atoms with Crippen molar-refractivity contribution in [3.8, 4) is 5.75 Å². The molecule has 12 nitrogen and oxygen atoms in total. The lowest BCUT2D eigenvalue weighted by Crippen LogP contribution is -2.60. The zero-order valence-electron chi connectivity index (χ0n) is 15.9. The Balaban J connectivity index is 1.86. The predicted octanol–water partition coefficient (Wildman–Crippen LogP) is 1.96. The molecule has 0 bridgehead atoms. The molecule has 0 aromatic heterocycles. The molecule has 0 saturated carbocycles. The van der Waals surface area contributed by atoms with Crippen LogP contribution in [0.15, 0.2) is 59.7 Å². The van der Waals surface area contributed by atoms with Gasteiger partial charge in [-0.15, -0.1) is 0 Å². The first-order chi connectivity index (χ1) is 14.9. The maximum atomic E-state index is 12.5. The van der Waals surface area contributed by atoms with E-state index in [1.165, 1.54) is 36.4 Å². The highest BCUT2D eigenvalue weighted by molar-refractivity contribution is 5.89. The van der Waals surface area contributed by atoms with Gasteiger partial charge in [-0.1, -0.05) is 23.3 Å². The number of non-ortho nitro benzene ring substituents is 1. The molecule has 0 unspecified atom stereocenters. The standard InChI is InChI=1S/C19H18N4O8/c20-22-21-15-17(31-18(26)11-4-2-1-3-5-11)16(25)14(10-24)30-19(15)29-13-8-6-12(7-9-13)23(27)28/h1-9,14-17,19,24-25H,10H2/t14-,15-,16+,17-,19+/m1/s1. The first kappa shape index (κ1) is 22.0. The third kappa shape index (κ3) is 5.08. The molecular formula is C19H18N4O8. The number of hydrogen-bond donors (Lipinski definition) is 2. The van der Waals surface area contributed by atoms with Gasteiger partial charge in [0.05, 0.1) is 17.1 Å². The molecule has 1 saturated heterocycles. The quantitative estimate of drug-likeness (QED) is 0.167. The number of hydrogen-bond acceptors (Lipinski definition) is 9. The van der Waals surface area contributed by atoms with E-state index < -0.39 is 48.1 Å². The summed E-state index contributed by atoms with van der Waals surface area (Å²) in [5.41, 5.74) is 9.02. The normalized spacial score (nSPS) is 25.2. The minimum absolute atomic E-state index is 0.134. The van der Waals surface area contributed by atoms with Crippen LogP contribution in [0.2, 0.25) is 0 Å². The van der Waals surface area contributed by atoms with Crippen LogP contribution in [0, 0.1) is 10.1 Å². The van der Waals surface area contributed by atoms with Crippen LogP contribution in [-0.4, -0.2) is 58.4 Å². The summed E-state index contributed by atoms with van der Waals surface area (Å²) < 4.78 is 16.5. The predicted molar refractivity (Wildman–Crippen MR) is 104 cm³/mol. The second-order valence-electron chi connectivity index (χ2n) is 6.52. The van der Waals surface area contributed by atoms with Crippen LogP contribution < -0.4 is 4.74 Å². The van der Waals surface area contributed by atoms with Crippen molar-refractivity contribution >= 4 is 11.7 Å². The third-order valence-corrected chi connectivity index (χ3v) is 4.56. The Hall–Kier alpha value is -3.70. The summed E-state index contributed by atoms with van der Waals surface area (Å²) in [4.78, 5) is 25.4. The van der Waals surface area contributed by atoms with Crippen molar-refractivity contribution in [2.24, 2.45) is 5.11 Å². The molecule has 0 amide bonds. The highest BCUT2D eigenvalue weighted by Crippen LogP contribution is 2.29. The van der Waals surface area contributed by atoms with E-state index in [-0.39, 0.29) is 17.0 Å². The van der Waals surface area contributed by atoms with Gasteiger partial charge in [-0.25, -0.2) is 4.79 Å². The molecule has 12 heteroatoms. The van der Waals surface area contributed by atoms with E-state index in [9.17, 15) is 25.1 Å². The number of carbonyl (C=O) groups is 1. The van der Waals surface area contributed by atoms with Crippen molar-refractivity contribution < 1.29 is 34.1 Å². The number of nitro groups is 1. The van der Waals surface area contributed by atoms with E-state index in [4.69, 9.17) is 19.7 Å². The molecule has 2 aromatic carbocycles. The first-order valence-corrected chi connectivity index (χ1v) is 9.10. The number of azide groups is 1. The molecule has 31 heavy (non-hydrogen) atoms. The number of aliphatic hydroxyl groups is 2. The number of rotatable bonds is 7. The molecule has 0 radical (unpaired) electrons. The zero-order chi connectivity index (χ0) is 22.4. The van der Waals surface area contributed by atoms with Gasteiger partial charge in [0, 0.05) is 17.0 Å². The molecular weight excluding hydrogens is 412 g/mol. The molecule has 3 rings (SSSR count). The number of esters is 1. The van der Waals surface area contributed by atoms with Crippen LogP contribution >= 0.6 is 0 Å². The Bertz CT molecular complexity index is 965. The van der Waals surface area contributed by atoms with Gasteiger partial charge in [0.1, 0.15) is 30.1 Å². The highest BCUT2D eigenvalue weighted by Gasteiger charge is 2.48. The van der Waals surface area contributed by atoms with Gasteiger partial charge < -0.3 is 24.4 Å². The number of nitro benzene ring substituents is 1. The van der Waals surface area contributed by atoms with Crippen LogP contribution in [0.5, 0.6) is 5.75 Å². The van der Waals surface area contributed by atoms with E-state index in [1.54, 1.807) is 18.2 Å². The highest BCUT2D eigenvalue weighted by atomic mass is 16.7. The van der Waals surface area contributed by atoms with E-state index in [0.29, 0.717) is 0 Å². The van der Waals surface area contributed by atoms with Crippen molar-refractivity contribution in [3.05, 3.63) is 80.7 Å². The summed E-state index contributed by atoms with van der Waals surface area (Å²) in [6.07, 6.45) is -5.46. The van der Waals surface area contributed by atoms with E-state index in [1.807, 2.05) is 0 Å². The van der Waals surface area contributed by atoms with Crippen LogP contribution in [0.25, 0.3) is 10.4 Å². The monoisotopic (exact) mass is 430 g/mol. The summed E-state index contributed by atoms with van der Waals surface area (Å²) in [5.74, 6) is -0.648. The number of ether oxygens (including phenoxy) is 3. The second kappa shape index (κ2) is 9.87. The Labute approximate surface area is 175 Å². The van der Waals surface area contributed by atoms with Crippen LogP contribution in [0.1, 0.15) is 10.4 Å².